The Bertz CT molecular complexity index is 874. The van der Waals surface area contributed by atoms with Crippen molar-refractivity contribution < 1.29 is 22.7 Å². The van der Waals surface area contributed by atoms with Crippen molar-refractivity contribution in [3.8, 4) is 0 Å². The number of Topliss-reactive ketones (excluding diaryl/α,β-unsaturated/α-hetero) is 1. The number of rotatable bonds is 5. The highest BCUT2D eigenvalue weighted by Crippen LogP contribution is 2.64. The number of ether oxygens (including phenoxy) is 1. The average Bonchev–Trinajstić information content (AvgIpc) is 2.89. The number of nitrogens with one attached hydrogen (secondary N) is 1. The molecular weight excluding hydrogens is 354 g/mol. The molecule has 2 saturated carbocycles. The van der Waals surface area contributed by atoms with Gasteiger partial charge in [0, 0.05) is 6.42 Å². The van der Waals surface area contributed by atoms with E-state index in [0.29, 0.717) is 24.1 Å². The maximum atomic E-state index is 12.9. The zero-order valence-electron chi connectivity index (χ0n) is 15.6. The summed E-state index contributed by atoms with van der Waals surface area (Å²) in [5, 5.41) is 0. The van der Waals surface area contributed by atoms with Gasteiger partial charge in [-0.1, -0.05) is 19.9 Å². The predicted molar refractivity (Wildman–Crippen MR) is 98.5 cm³/mol. The van der Waals surface area contributed by atoms with E-state index in [1.807, 2.05) is 13.8 Å². The summed E-state index contributed by atoms with van der Waals surface area (Å²) in [6, 6.07) is 4.72. The highest BCUT2D eigenvalue weighted by atomic mass is 32.2. The number of methoxy groups -OCH3 is 1. The number of sulfonamides is 1. The smallest absolute Gasteiger partial charge is 0.337 e. The van der Waals surface area contributed by atoms with Gasteiger partial charge in [0.15, 0.2) is 0 Å². The first-order valence-electron chi connectivity index (χ1n) is 8.75. The molecule has 0 saturated heterocycles. The first-order chi connectivity index (χ1) is 12.0. The number of carbonyl (C=O) groups is 2. The molecule has 1 aromatic rings. The molecule has 0 spiro atoms. The van der Waals surface area contributed by atoms with Crippen molar-refractivity contribution >= 4 is 27.5 Å². The lowest BCUT2D eigenvalue weighted by Gasteiger charge is -2.36. The monoisotopic (exact) mass is 379 g/mol. The lowest BCUT2D eigenvalue weighted by atomic mass is 9.70. The first kappa shape index (κ1) is 18.9. The fourth-order valence-corrected chi connectivity index (χ4v) is 6.57. The number of hydrogen-bond donors (Lipinski definition) is 1. The second-order valence-electron chi connectivity index (χ2n) is 8.05. The molecule has 2 aliphatic carbocycles. The molecule has 0 heterocycles. The van der Waals surface area contributed by atoms with Gasteiger partial charge >= 0.3 is 5.97 Å². The fraction of sp³-hybridized carbons (Fsp3) is 0.579. The fourth-order valence-electron chi connectivity index (χ4n) is 4.61. The van der Waals surface area contributed by atoms with E-state index in [1.165, 1.54) is 13.2 Å². The third kappa shape index (κ3) is 2.82. The van der Waals surface area contributed by atoms with Crippen LogP contribution in [-0.4, -0.2) is 33.0 Å². The van der Waals surface area contributed by atoms with E-state index >= 15 is 0 Å². The second-order valence-corrected chi connectivity index (χ2v) is 9.77. The summed E-state index contributed by atoms with van der Waals surface area (Å²) in [4.78, 5) is 24.3. The van der Waals surface area contributed by atoms with Crippen molar-refractivity contribution in [1.29, 1.82) is 0 Å². The van der Waals surface area contributed by atoms with Crippen LogP contribution in [0.25, 0.3) is 0 Å². The SMILES string of the molecule is COC(=O)c1ccc(C)c(NS(=O)(=O)C[C@]23CC[C@@H](CC2=O)C3(C)C)c1. The number of esters is 1. The first-order valence-corrected chi connectivity index (χ1v) is 10.4. The Morgan fingerprint density at radius 3 is 2.58 bits per heavy atom. The van der Waals surface area contributed by atoms with Gasteiger partial charge in [0.25, 0.3) is 0 Å². The summed E-state index contributed by atoms with van der Waals surface area (Å²) in [5.74, 6) is -0.432. The van der Waals surface area contributed by atoms with Crippen LogP contribution < -0.4 is 4.72 Å². The van der Waals surface area contributed by atoms with Crippen LogP contribution in [0.2, 0.25) is 0 Å². The molecule has 0 unspecified atom stereocenters. The molecule has 0 radical (unpaired) electrons. The van der Waals surface area contributed by atoms with E-state index in [0.717, 1.165) is 6.42 Å². The maximum Gasteiger partial charge on any atom is 0.337 e. The van der Waals surface area contributed by atoms with Gasteiger partial charge in [0.05, 0.1) is 29.5 Å². The lowest BCUT2D eigenvalue weighted by molar-refractivity contribution is -0.128. The van der Waals surface area contributed by atoms with Crippen LogP contribution in [0.4, 0.5) is 5.69 Å². The quantitative estimate of drug-likeness (QED) is 0.795. The molecule has 1 N–H and O–H groups in total. The molecule has 0 aromatic heterocycles. The standard InChI is InChI=1S/C19H25NO5S/c1-12-5-6-13(17(22)25-4)9-15(12)20-26(23,24)11-19-8-7-14(10-16(19)21)18(19,2)3/h5-6,9,14,20H,7-8,10-11H2,1-4H3/t14-,19+/m0/s1. The van der Waals surface area contributed by atoms with Gasteiger partial charge in [-0.15, -0.1) is 0 Å². The summed E-state index contributed by atoms with van der Waals surface area (Å²) in [6.45, 7) is 5.77. The number of anilines is 1. The Balaban J connectivity index is 1.89. The highest BCUT2D eigenvalue weighted by Gasteiger charge is 2.65. The molecule has 2 atom stereocenters. The van der Waals surface area contributed by atoms with Crippen LogP contribution in [0.15, 0.2) is 18.2 Å². The third-order valence-electron chi connectivity index (χ3n) is 6.50. The van der Waals surface area contributed by atoms with E-state index in [4.69, 9.17) is 0 Å². The summed E-state index contributed by atoms with van der Waals surface area (Å²) < 4.78 is 33.1. The molecule has 6 nitrogen and oxygen atoms in total. The van der Waals surface area contributed by atoms with Crippen LogP contribution in [0.1, 0.15) is 49.0 Å². The van der Waals surface area contributed by atoms with Crippen molar-refractivity contribution in [3.63, 3.8) is 0 Å². The zero-order valence-corrected chi connectivity index (χ0v) is 16.4. The molecule has 7 heteroatoms. The van der Waals surface area contributed by atoms with E-state index in [2.05, 4.69) is 9.46 Å². The Hall–Kier alpha value is -1.89. The van der Waals surface area contributed by atoms with Gasteiger partial charge in [0.2, 0.25) is 10.0 Å². The van der Waals surface area contributed by atoms with Crippen LogP contribution in [0, 0.1) is 23.7 Å². The van der Waals surface area contributed by atoms with E-state index in [-0.39, 0.29) is 28.4 Å². The molecule has 1 aromatic carbocycles. The van der Waals surface area contributed by atoms with Crippen molar-refractivity contribution in [3.05, 3.63) is 29.3 Å². The minimum absolute atomic E-state index is 0.0594. The molecule has 142 valence electrons. The normalized spacial score (nSPS) is 26.8. The van der Waals surface area contributed by atoms with Crippen molar-refractivity contribution in [2.45, 2.75) is 40.0 Å². The van der Waals surface area contributed by atoms with E-state index in [9.17, 15) is 18.0 Å². The van der Waals surface area contributed by atoms with Crippen LogP contribution in [0.3, 0.4) is 0 Å². The molecule has 26 heavy (non-hydrogen) atoms. The molecule has 0 amide bonds. The maximum absolute atomic E-state index is 12.9. The molecule has 2 aliphatic rings. The number of carbonyl (C=O) groups excluding carboxylic acids is 2. The van der Waals surface area contributed by atoms with E-state index in [1.54, 1.807) is 19.1 Å². The van der Waals surface area contributed by atoms with Gasteiger partial charge in [0.1, 0.15) is 5.78 Å². The van der Waals surface area contributed by atoms with Gasteiger partial charge in [-0.05, 0) is 48.8 Å². The highest BCUT2D eigenvalue weighted by molar-refractivity contribution is 7.92. The number of aryl methyl sites for hydroxylation is 1. The van der Waals surface area contributed by atoms with Gasteiger partial charge in [-0.2, -0.15) is 0 Å². The summed E-state index contributed by atoms with van der Waals surface area (Å²) >= 11 is 0. The summed E-state index contributed by atoms with van der Waals surface area (Å²) in [7, 11) is -2.49. The number of fused-ring (bicyclic) bond motifs is 2. The predicted octanol–water partition coefficient (Wildman–Crippen LogP) is 2.92. The average molecular weight is 379 g/mol. The number of hydrogen-bond acceptors (Lipinski definition) is 5. The second kappa shape index (κ2) is 6.08. The van der Waals surface area contributed by atoms with Crippen LogP contribution in [0.5, 0.6) is 0 Å². The molecule has 0 aliphatic heterocycles. The van der Waals surface area contributed by atoms with Gasteiger partial charge in [-0.25, -0.2) is 13.2 Å². The lowest BCUT2D eigenvalue weighted by Crippen LogP contribution is -2.43. The van der Waals surface area contributed by atoms with E-state index < -0.39 is 21.4 Å². The van der Waals surface area contributed by atoms with Crippen LogP contribution >= 0.6 is 0 Å². The minimum atomic E-state index is -3.76. The Morgan fingerprint density at radius 1 is 1.35 bits per heavy atom. The third-order valence-corrected chi connectivity index (χ3v) is 7.90. The minimum Gasteiger partial charge on any atom is -0.465 e. The topological polar surface area (TPSA) is 89.5 Å². The number of ketones is 1. The summed E-state index contributed by atoms with van der Waals surface area (Å²) in [6.07, 6.45) is 1.98. The Labute approximate surface area is 154 Å². The van der Waals surface area contributed by atoms with Crippen molar-refractivity contribution in [2.24, 2.45) is 16.7 Å². The Kier molecular flexibility index (Phi) is 4.42. The largest absolute Gasteiger partial charge is 0.465 e. The molecular formula is C19H25NO5S. The Morgan fingerprint density at radius 2 is 2.04 bits per heavy atom. The zero-order chi connectivity index (χ0) is 19.3. The number of benzene rings is 1. The van der Waals surface area contributed by atoms with Gasteiger partial charge in [-0.3, -0.25) is 9.52 Å². The summed E-state index contributed by atoms with van der Waals surface area (Å²) in [5.41, 5.74) is 0.161. The molecule has 2 bridgehead atoms. The van der Waals surface area contributed by atoms with Crippen molar-refractivity contribution in [2.75, 3.05) is 17.6 Å². The van der Waals surface area contributed by atoms with Crippen molar-refractivity contribution in [1.82, 2.24) is 0 Å². The van der Waals surface area contributed by atoms with Crippen LogP contribution in [-0.2, 0) is 19.6 Å². The molecule has 3 rings (SSSR count). The van der Waals surface area contributed by atoms with Gasteiger partial charge < -0.3 is 4.74 Å². The molecule has 2 fully saturated rings.